The molecule has 0 radical (unpaired) electrons. The fourth-order valence-electron chi connectivity index (χ4n) is 8.88. The number of nitriles is 1. The van der Waals surface area contributed by atoms with Gasteiger partial charge in [-0.25, -0.2) is 15.0 Å². The van der Waals surface area contributed by atoms with Crippen molar-refractivity contribution >= 4 is 10.8 Å². The maximum atomic E-state index is 10.4. The first-order valence-electron chi connectivity index (χ1n) is 18.7. The molecule has 5 heteroatoms. The van der Waals surface area contributed by atoms with Gasteiger partial charge in [-0.1, -0.05) is 158 Å². The van der Waals surface area contributed by atoms with E-state index in [0.29, 0.717) is 23.0 Å². The van der Waals surface area contributed by atoms with E-state index in [1.165, 1.54) is 0 Å². The van der Waals surface area contributed by atoms with E-state index in [4.69, 9.17) is 19.7 Å². The number of hydrogen-bond acceptors (Lipinski definition) is 5. The van der Waals surface area contributed by atoms with Gasteiger partial charge in [0.15, 0.2) is 17.5 Å². The molecule has 2 aliphatic rings. The van der Waals surface area contributed by atoms with Gasteiger partial charge in [0.1, 0.15) is 11.5 Å². The molecule has 0 atom stereocenters. The van der Waals surface area contributed by atoms with Crippen LogP contribution in [-0.2, 0) is 5.41 Å². The molecule has 1 aliphatic carbocycles. The van der Waals surface area contributed by atoms with Crippen LogP contribution in [0.1, 0.15) is 27.8 Å². The monoisotopic (exact) mass is 714 g/mol. The number of nitrogens with zero attached hydrogens (tertiary/aromatic N) is 4. The number of ether oxygens (including phenoxy) is 1. The lowest BCUT2D eigenvalue weighted by atomic mass is 9.66. The first-order chi connectivity index (χ1) is 27.7. The first-order valence-corrected chi connectivity index (χ1v) is 18.7. The molecule has 1 aliphatic heterocycles. The van der Waals surface area contributed by atoms with Gasteiger partial charge in [0.05, 0.1) is 17.0 Å². The summed E-state index contributed by atoms with van der Waals surface area (Å²) in [6, 6.07) is 64.8. The summed E-state index contributed by atoms with van der Waals surface area (Å²) in [4.78, 5) is 15.7. The van der Waals surface area contributed by atoms with Crippen molar-refractivity contribution in [2.24, 2.45) is 0 Å². The fraction of sp³-hybridized carbons (Fsp3) is 0.0196. The summed E-state index contributed by atoms with van der Waals surface area (Å²) in [5, 5.41) is 12.7. The Morgan fingerprint density at radius 1 is 0.411 bits per heavy atom. The van der Waals surface area contributed by atoms with Crippen molar-refractivity contribution in [3.63, 3.8) is 0 Å². The molecule has 0 saturated heterocycles. The highest BCUT2D eigenvalue weighted by Crippen LogP contribution is 2.64. The van der Waals surface area contributed by atoms with E-state index in [1.54, 1.807) is 0 Å². The predicted octanol–water partition coefficient (Wildman–Crippen LogP) is 12.0. The molecule has 0 amide bonds. The maximum absolute atomic E-state index is 10.4. The summed E-state index contributed by atoms with van der Waals surface area (Å²) in [6.07, 6.45) is 0. The van der Waals surface area contributed by atoms with Gasteiger partial charge in [0.2, 0.25) is 0 Å². The molecule has 0 bridgehead atoms. The molecular formula is C51H30N4O. The van der Waals surface area contributed by atoms with Crippen LogP contribution < -0.4 is 4.74 Å². The lowest BCUT2D eigenvalue weighted by Gasteiger charge is -2.39. The van der Waals surface area contributed by atoms with Gasteiger partial charge in [0.25, 0.3) is 0 Å². The molecule has 8 aromatic carbocycles. The Bertz CT molecular complexity index is 3050. The minimum Gasteiger partial charge on any atom is -0.457 e. The average molecular weight is 715 g/mol. The third-order valence-electron chi connectivity index (χ3n) is 11.2. The molecule has 0 unspecified atom stereocenters. The number of para-hydroxylation sites is 2. The molecule has 5 nitrogen and oxygen atoms in total. The Morgan fingerprint density at radius 2 is 0.946 bits per heavy atom. The van der Waals surface area contributed by atoms with E-state index >= 15 is 0 Å². The molecule has 0 N–H and O–H groups in total. The van der Waals surface area contributed by atoms with Gasteiger partial charge in [-0.3, -0.25) is 0 Å². The number of hydrogen-bond donors (Lipinski definition) is 0. The van der Waals surface area contributed by atoms with E-state index in [9.17, 15) is 5.26 Å². The zero-order valence-corrected chi connectivity index (χ0v) is 30.0. The summed E-state index contributed by atoms with van der Waals surface area (Å²) in [5.74, 6) is 3.37. The number of fused-ring (bicyclic) bond motifs is 10. The van der Waals surface area contributed by atoms with Gasteiger partial charge in [0, 0.05) is 33.4 Å². The highest BCUT2D eigenvalue weighted by Gasteiger charge is 2.52. The summed E-state index contributed by atoms with van der Waals surface area (Å²) in [6.45, 7) is 0. The Morgan fingerprint density at radius 3 is 1.68 bits per heavy atom. The molecule has 56 heavy (non-hydrogen) atoms. The lowest BCUT2D eigenvalue weighted by molar-refractivity contribution is 0.436. The molecule has 260 valence electrons. The highest BCUT2D eigenvalue weighted by molar-refractivity contribution is 6.02. The molecule has 0 saturated carbocycles. The quantitative estimate of drug-likeness (QED) is 0.181. The zero-order chi connectivity index (χ0) is 37.2. The molecule has 0 fully saturated rings. The minimum atomic E-state index is -0.736. The number of aromatic nitrogens is 3. The Balaban J connectivity index is 1.27. The van der Waals surface area contributed by atoms with Crippen LogP contribution in [0.25, 0.3) is 67.2 Å². The Labute approximate surface area is 323 Å². The normalized spacial score (nSPS) is 12.9. The van der Waals surface area contributed by atoms with Gasteiger partial charge in [-0.15, -0.1) is 0 Å². The van der Waals surface area contributed by atoms with Crippen molar-refractivity contribution in [1.29, 1.82) is 5.26 Å². The number of rotatable bonds is 4. The Hall–Kier alpha value is -7.68. The van der Waals surface area contributed by atoms with Gasteiger partial charge < -0.3 is 4.74 Å². The summed E-state index contributed by atoms with van der Waals surface area (Å²) in [5.41, 5.74) is 10.8. The number of benzene rings is 8. The molecule has 1 spiro atoms. The van der Waals surface area contributed by atoms with Crippen LogP contribution in [-0.4, -0.2) is 15.0 Å². The molecule has 9 aromatic rings. The largest absolute Gasteiger partial charge is 0.457 e. The van der Waals surface area contributed by atoms with Gasteiger partial charge in [-0.2, -0.15) is 5.26 Å². The smallest absolute Gasteiger partial charge is 0.164 e. The third kappa shape index (κ3) is 4.63. The lowest BCUT2D eigenvalue weighted by Crippen LogP contribution is -2.32. The highest BCUT2D eigenvalue weighted by atomic mass is 16.5. The first kappa shape index (κ1) is 31.8. The average Bonchev–Trinajstić information content (AvgIpc) is 3.57. The topological polar surface area (TPSA) is 71.7 Å². The SMILES string of the molecule is N#Cc1ccccc1-c1cccc2c1-c1c(-c3nc(-c4ccccc4)nc(-c4ccc5ccccc5c4)n3)cccc1C21c2ccccc2Oc2ccccc21. The van der Waals surface area contributed by atoms with Crippen molar-refractivity contribution in [2.75, 3.05) is 0 Å². The summed E-state index contributed by atoms with van der Waals surface area (Å²) >= 11 is 0. The zero-order valence-electron chi connectivity index (χ0n) is 30.0. The van der Waals surface area contributed by atoms with E-state index in [1.807, 2.05) is 66.7 Å². The molecule has 11 rings (SSSR count). The fourth-order valence-corrected chi connectivity index (χ4v) is 8.88. The third-order valence-corrected chi connectivity index (χ3v) is 11.2. The van der Waals surface area contributed by atoms with Gasteiger partial charge in [-0.05, 0) is 62.9 Å². The second kappa shape index (κ2) is 12.4. The van der Waals surface area contributed by atoms with Crippen LogP contribution in [0.5, 0.6) is 11.5 Å². The maximum Gasteiger partial charge on any atom is 0.164 e. The van der Waals surface area contributed by atoms with Crippen LogP contribution in [0.2, 0.25) is 0 Å². The molecule has 1 aromatic heterocycles. The van der Waals surface area contributed by atoms with Crippen LogP contribution >= 0.6 is 0 Å². The van der Waals surface area contributed by atoms with Crippen LogP contribution in [0, 0.1) is 11.3 Å². The molecule has 2 heterocycles. The van der Waals surface area contributed by atoms with Crippen LogP contribution in [0.3, 0.4) is 0 Å². The Kier molecular flexibility index (Phi) is 7.07. The second-order valence-electron chi connectivity index (χ2n) is 14.2. The van der Waals surface area contributed by atoms with Crippen molar-refractivity contribution in [3.05, 3.63) is 210 Å². The standard InChI is InChI=1S/C51H30N4O/c52-31-36-18-6-7-19-37(36)38-20-12-24-42-46(38)47-39(21-13-25-43(47)51(42)40-22-8-10-26-44(40)56-45-27-11-9-23-41(45)51)50-54-48(33-15-2-1-3-16-33)53-49(55-50)35-29-28-32-14-4-5-17-34(32)30-35/h1-30H. The van der Waals surface area contributed by atoms with E-state index in [-0.39, 0.29) is 0 Å². The van der Waals surface area contributed by atoms with Crippen molar-refractivity contribution in [3.8, 4) is 74.0 Å². The van der Waals surface area contributed by atoms with Gasteiger partial charge >= 0.3 is 0 Å². The van der Waals surface area contributed by atoms with Crippen molar-refractivity contribution in [2.45, 2.75) is 5.41 Å². The van der Waals surface area contributed by atoms with Crippen molar-refractivity contribution < 1.29 is 4.74 Å². The second-order valence-corrected chi connectivity index (χ2v) is 14.2. The summed E-state index contributed by atoms with van der Waals surface area (Å²) in [7, 11) is 0. The van der Waals surface area contributed by atoms with E-state index in [2.05, 4.69) is 121 Å². The molecular weight excluding hydrogens is 685 g/mol. The van der Waals surface area contributed by atoms with Crippen LogP contribution in [0.15, 0.2) is 182 Å². The van der Waals surface area contributed by atoms with Crippen molar-refractivity contribution in [1.82, 2.24) is 15.0 Å². The van der Waals surface area contributed by atoms with E-state index < -0.39 is 5.41 Å². The minimum absolute atomic E-state index is 0.568. The van der Waals surface area contributed by atoms with Crippen LogP contribution in [0.4, 0.5) is 0 Å². The van der Waals surface area contributed by atoms with E-state index in [0.717, 1.165) is 83.5 Å². The predicted molar refractivity (Wildman–Crippen MR) is 221 cm³/mol. The summed E-state index contributed by atoms with van der Waals surface area (Å²) < 4.78 is 6.64.